The number of nitrogens with zero attached hydrogens (tertiary/aromatic N) is 4. The lowest BCUT2D eigenvalue weighted by Crippen LogP contribution is -2.32. The van der Waals surface area contributed by atoms with E-state index in [1.807, 2.05) is 28.9 Å². The number of carboxylic acids is 1. The van der Waals surface area contributed by atoms with Gasteiger partial charge in [0.15, 0.2) is 0 Å². The largest absolute Gasteiger partial charge is 0.478 e. The maximum atomic E-state index is 11.5. The number of aromatic carboxylic acids is 1. The number of aryl methyl sites for hydroxylation is 1. The Labute approximate surface area is 194 Å². The minimum atomic E-state index is -0.973. The third-order valence-corrected chi connectivity index (χ3v) is 5.73. The smallest absolute Gasteiger partial charge is 0.336 e. The molecule has 176 valence electrons. The van der Waals surface area contributed by atoms with Crippen molar-refractivity contribution in [3.05, 3.63) is 65.5 Å². The fourth-order valence-corrected chi connectivity index (χ4v) is 3.87. The Morgan fingerprint density at radius 1 is 1.09 bits per heavy atom. The Morgan fingerprint density at radius 3 is 2.42 bits per heavy atom. The molecule has 0 radical (unpaired) electrons. The molecule has 0 bridgehead atoms. The lowest BCUT2D eigenvalue weighted by atomic mass is 10.0. The van der Waals surface area contributed by atoms with Crippen LogP contribution in [0.25, 0.3) is 11.1 Å². The second-order valence-corrected chi connectivity index (χ2v) is 7.95. The summed E-state index contributed by atoms with van der Waals surface area (Å²) in [5.41, 5.74) is 2.65. The van der Waals surface area contributed by atoms with Gasteiger partial charge >= 0.3 is 5.97 Å². The SMILES string of the molecule is CCCCc1nc(C(CCC)(OC)OC)nn1Cc1ccc(-c2cnccc2C(=O)O)cc1. The number of unbranched alkanes of at least 4 members (excludes halogenated alkanes) is 1. The normalized spacial score (nSPS) is 11.6. The fourth-order valence-electron chi connectivity index (χ4n) is 3.87. The molecule has 0 aliphatic rings. The molecule has 0 saturated heterocycles. The van der Waals surface area contributed by atoms with Crippen LogP contribution in [0.4, 0.5) is 0 Å². The summed E-state index contributed by atoms with van der Waals surface area (Å²) in [5.74, 6) is -0.498. The number of carbonyl (C=O) groups is 1. The molecule has 8 heteroatoms. The van der Waals surface area contributed by atoms with Gasteiger partial charge in [-0.15, -0.1) is 5.10 Å². The van der Waals surface area contributed by atoms with Crippen LogP contribution < -0.4 is 0 Å². The van der Waals surface area contributed by atoms with Crippen molar-refractivity contribution < 1.29 is 19.4 Å². The minimum Gasteiger partial charge on any atom is -0.478 e. The highest BCUT2D eigenvalue weighted by atomic mass is 16.7. The van der Waals surface area contributed by atoms with Crippen molar-refractivity contribution in [1.29, 1.82) is 0 Å². The quantitative estimate of drug-likeness (QED) is 0.399. The summed E-state index contributed by atoms with van der Waals surface area (Å²) in [7, 11) is 3.24. The molecule has 0 aliphatic heterocycles. The van der Waals surface area contributed by atoms with E-state index < -0.39 is 11.8 Å². The molecule has 0 atom stereocenters. The summed E-state index contributed by atoms with van der Waals surface area (Å²) in [6.45, 7) is 4.76. The molecule has 0 saturated carbocycles. The first-order valence-corrected chi connectivity index (χ1v) is 11.3. The highest BCUT2D eigenvalue weighted by Gasteiger charge is 2.36. The van der Waals surface area contributed by atoms with Crippen LogP contribution in [0, 0.1) is 0 Å². The zero-order valence-electron chi connectivity index (χ0n) is 19.7. The lowest BCUT2D eigenvalue weighted by Gasteiger charge is -2.27. The van der Waals surface area contributed by atoms with Gasteiger partial charge in [-0.3, -0.25) is 4.98 Å². The molecule has 0 spiro atoms. The van der Waals surface area contributed by atoms with Crippen molar-refractivity contribution >= 4 is 5.97 Å². The van der Waals surface area contributed by atoms with Crippen LogP contribution in [0.5, 0.6) is 0 Å². The molecule has 2 aromatic heterocycles. The number of aromatic nitrogens is 4. The maximum Gasteiger partial charge on any atom is 0.336 e. The number of carboxylic acid groups (broad SMARTS) is 1. The Balaban J connectivity index is 1.91. The standard InChI is InChI=1S/C25H32N4O4/c1-5-7-8-22-27-24(25(32-3,33-4)14-6-2)28-29(22)17-18-9-11-19(12-10-18)21-16-26-15-13-20(21)23(30)31/h9-13,15-16H,5-8,14,17H2,1-4H3,(H,30,31). The molecule has 1 N–H and O–H groups in total. The summed E-state index contributed by atoms with van der Waals surface area (Å²) in [4.78, 5) is 20.4. The zero-order valence-corrected chi connectivity index (χ0v) is 19.7. The van der Waals surface area contributed by atoms with E-state index in [-0.39, 0.29) is 5.56 Å². The van der Waals surface area contributed by atoms with E-state index in [0.717, 1.165) is 42.6 Å². The van der Waals surface area contributed by atoms with Gasteiger partial charge in [0.2, 0.25) is 11.6 Å². The molecule has 0 amide bonds. The molecule has 0 fully saturated rings. The average Bonchev–Trinajstić information content (AvgIpc) is 3.24. The first-order valence-electron chi connectivity index (χ1n) is 11.3. The van der Waals surface area contributed by atoms with Gasteiger partial charge in [0.05, 0.1) is 12.1 Å². The Bertz CT molecular complexity index is 1060. The third kappa shape index (κ3) is 5.46. The number of hydrogen-bond donors (Lipinski definition) is 1. The van der Waals surface area contributed by atoms with Crippen LogP contribution in [0.15, 0.2) is 42.7 Å². The number of benzene rings is 1. The first kappa shape index (κ1) is 24.5. The van der Waals surface area contributed by atoms with Gasteiger partial charge in [0.1, 0.15) is 5.82 Å². The molecule has 2 heterocycles. The molecule has 1 aromatic carbocycles. The van der Waals surface area contributed by atoms with Crippen LogP contribution in [0.2, 0.25) is 0 Å². The first-order chi connectivity index (χ1) is 16.0. The molecule has 8 nitrogen and oxygen atoms in total. The Kier molecular flexibility index (Phi) is 8.30. The Hall–Kier alpha value is -3.10. The van der Waals surface area contributed by atoms with E-state index in [9.17, 15) is 9.90 Å². The number of pyridine rings is 1. The van der Waals surface area contributed by atoms with Crippen molar-refractivity contribution in [2.24, 2.45) is 0 Å². The van der Waals surface area contributed by atoms with Crippen LogP contribution >= 0.6 is 0 Å². The number of methoxy groups -OCH3 is 2. The Morgan fingerprint density at radius 2 is 1.82 bits per heavy atom. The van der Waals surface area contributed by atoms with Crippen LogP contribution in [-0.4, -0.2) is 45.0 Å². The number of rotatable bonds is 12. The molecule has 0 unspecified atom stereocenters. The fraction of sp³-hybridized carbons (Fsp3) is 0.440. The van der Waals surface area contributed by atoms with Gasteiger partial charge in [-0.1, -0.05) is 51.0 Å². The molecule has 3 rings (SSSR count). The van der Waals surface area contributed by atoms with Crippen LogP contribution in [0.3, 0.4) is 0 Å². The van der Waals surface area contributed by atoms with Crippen molar-refractivity contribution in [3.8, 4) is 11.1 Å². The highest BCUT2D eigenvalue weighted by Crippen LogP contribution is 2.29. The lowest BCUT2D eigenvalue weighted by molar-refractivity contribution is -0.225. The number of ether oxygens (including phenoxy) is 2. The van der Waals surface area contributed by atoms with E-state index in [1.54, 1.807) is 20.4 Å². The molecule has 33 heavy (non-hydrogen) atoms. The molecule has 3 aromatic rings. The van der Waals surface area contributed by atoms with Crippen molar-refractivity contribution in [2.45, 2.75) is 58.3 Å². The zero-order chi connectivity index (χ0) is 23.8. The van der Waals surface area contributed by atoms with Gasteiger partial charge < -0.3 is 14.6 Å². The van der Waals surface area contributed by atoms with E-state index in [1.165, 1.54) is 12.3 Å². The summed E-state index contributed by atoms with van der Waals surface area (Å²) in [5, 5.41) is 14.2. The van der Waals surface area contributed by atoms with E-state index in [0.29, 0.717) is 24.4 Å². The van der Waals surface area contributed by atoms with Crippen molar-refractivity contribution in [1.82, 2.24) is 19.7 Å². The van der Waals surface area contributed by atoms with Crippen LogP contribution in [0.1, 0.15) is 67.1 Å². The van der Waals surface area contributed by atoms with E-state index >= 15 is 0 Å². The van der Waals surface area contributed by atoms with Crippen molar-refractivity contribution in [3.63, 3.8) is 0 Å². The maximum absolute atomic E-state index is 11.5. The molecular formula is C25H32N4O4. The topological polar surface area (TPSA) is 99.4 Å². The van der Waals surface area contributed by atoms with Crippen LogP contribution in [-0.2, 0) is 28.2 Å². The van der Waals surface area contributed by atoms with E-state index in [2.05, 4.69) is 18.8 Å². The minimum absolute atomic E-state index is 0.229. The summed E-state index contributed by atoms with van der Waals surface area (Å²) >= 11 is 0. The second-order valence-electron chi connectivity index (χ2n) is 7.95. The van der Waals surface area contributed by atoms with E-state index in [4.69, 9.17) is 19.6 Å². The van der Waals surface area contributed by atoms with Gasteiger partial charge in [0, 0.05) is 45.0 Å². The monoisotopic (exact) mass is 452 g/mol. The summed E-state index contributed by atoms with van der Waals surface area (Å²) in [6.07, 6.45) is 7.47. The van der Waals surface area contributed by atoms with Gasteiger partial charge in [-0.05, 0) is 23.6 Å². The second kappa shape index (κ2) is 11.2. The molecular weight excluding hydrogens is 420 g/mol. The average molecular weight is 453 g/mol. The highest BCUT2D eigenvalue weighted by molar-refractivity contribution is 5.95. The van der Waals surface area contributed by atoms with Gasteiger partial charge in [0.25, 0.3) is 0 Å². The van der Waals surface area contributed by atoms with Gasteiger partial charge in [-0.25, -0.2) is 14.5 Å². The van der Waals surface area contributed by atoms with Gasteiger partial charge in [-0.2, -0.15) is 0 Å². The van der Waals surface area contributed by atoms with Crippen molar-refractivity contribution in [2.75, 3.05) is 14.2 Å². The predicted octanol–water partition coefficient (Wildman–Crippen LogP) is 4.67. The predicted molar refractivity (Wildman–Crippen MR) is 125 cm³/mol. The molecule has 0 aliphatic carbocycles. The third-order valence-electron chi connectivity index (χ3n) is 5.73. The summed E-state index contributed by atoms with van der Waals surface area (Å²) in [6, 6.07) is 9.29. The summed E-state index contributed by atoms with van der Waals surface area (Å²) < 4.78 is 13.3. The number of hydrogen-bond acceptors (Lipinski definition) is 6.